The molecule has 4 heterocycles. The Kier molecular flexibility index (Phi) is 4.29. The largest absolute Gasteiger partial charge is 0.376 e. The highest BCUT2D eigenvalue weighted by molar-refractivity contribution is 7.80. The molecule has 2 fully saturated rings. The molecule has 0 aromatic carbocycles. The van der Waals surface area contributed by atoms with E-state index in [1.54, 1.807) is 11.3 Å². The van der Waals surface area contributed by atoms with Gasteiger partial charge in [0, 0.05) is 24.2 Å². The molecule has 23 heavy (non-hydrogen) atoms. The van der Waals surface area contributed by atoms with Gasteiger partial charge in [-0.2, -0.15) is 0 Å². The van der Waals surface area contributed by atoms with Crippen molar-refractivity contribution in [1.82, 2.24) is 15.2 Å². The minimum Gasteiger partial charge on any atom is -0.376 e. The van der Waals surface area contributed by atoms with Gasteiger partial charge in [-0.25, -0.2) is 0 Å². The predicted molar refractivity (Wildman–Crippen MR) is 95.5 cm³/mol. The molecule has 0 spiro atoms. The third-order valence-corrected chi connectivity index (χ3v) is 5.75. The molecule has 2 aliphatic rings. The van der Waals surface area contributed by atoms with Crippen LogP contribution in [-0.2, 0) is 4.74 Å². The van der Waals surface area contributed by atoms with E-state index in [1.165, 1.54) is 4.88 Å². The molecule has 120 valence electrons. The van der Waals surface area contributed by atoms with Crippen molar-refractivity contribution in [1.29, 1.82) is 0 Å². The van der Waals surface area contributed by atoms with Crippen molar-refractivity contribution in [3.05, 3.63) is 52.5 Å². The first-order chi connectivity index (χ1) is 11.3. The first kappa shape index (κ1) is 15.1. The third kappa shape index (κ3) is 2.98. The summed E-state index contributed by atoms with van der Waals surface area (Å²) in [6, 6.07) is 10.6. The Morgan fingerprint density at radius 3 is 3.00 bits per heavy atom. The molecular formula is C17H19N3OS2. The van der Waals surface area contributed by atoms with E-state index in [4.69, 9.17) is 17.0 Å². The lowest BCUT2D eigenvalue weighted by molar-refractivity contribution is 0.0846. The van der Waals surface area contributed by atoms with Crippen molar-refractivity contribution in [3.8, 4) is 0 Å². The van der Waals surface area contributed by atoms with Gasteiger partial charge >= 0.3 is 0 Å². The first-order valence-corrected chi connectivity index (χ1v) is 9.25. The van der Waals surface area contributed by atoms with Gasteiger partial charge in [-0.3, -0.25) is 4.98 Å². The first-order valence-electron chi connectivity index (χ1n) is 7.96. The summed E-state index contributed by atoms with van der Waals surface area (Å²) in [5.41, 5.74) is 1.03. The number of aromatic nitrogens is 1. The topological polar surface area (TPSA) is 37.4 Å². The summed E-state index contributed by atoms with van der Waals surface area (Å²) in [7, 11) is 0. The standard InChI is InChI=1S/C17H19N3OS2/c22-17-19-15(13-6-1-2-8-18-13)16(14-7-4-10-23-14)20(17)11-12-5-3-9-21-12/h1-2,4,6-8,10,12,15-16H,3,5,9,11H2,(H,19,22)/t12-,15-,16+/m1/s1. The number of nitrogens with one attached hydrogen (secondary N) is 1. The van der Waals surface area contributed by atoms with E-state index >= 15 is 0 Å². The number of ether oxygens (including phenoxy) is 1. The minimum absolute atomic E-state index is 0.0868. The molecule has 3 atom stereocenters. The lowest BCUT2D eigenvalue weighted by Crippen LogP contribution is -2.36. The van der Waals surface area contributed by atoms with Crippen LogP contribution in [0.3, 0.4) is 0 Å². The molecule has 1 N–H and O–H groups in total. The van der Waals surface area contributed by atoms with Crippen molar-refractivity contribution in [2.24, 2.45) is 0 Å². The second-order valence-corrected chi connectivity index (χ2v) is 7.30. The number of pyridine rings is 1. The van der Waals surface area contributed by atoms with Gasteiger partial charge in [0.1, 0.15) is 0 Å². The predicted octanol–water partition coefficient (Wildman–Crippen LogP) is 3.29. The van der Waals surface area contributed by atoms with Crippen LogP contribution in [0.25, 0.3) is 0 Å². The summed E-state index contributed by atoms with van der Waals surface area (Å²) in [6.45, 7) is 1.71. The maximum Gasteiger partial charge on any atom is 0.170 e. The fourth-order valence-corrected chi connectivity index (χ4v) is 4.57. The van der Waals surface area contributed by atoms with Gasteiger partial charge < -0.3 is 15.0 Å². The van der Waals surface area contributed by atoms with Gasteiger partial charge in [0.2, 0.25) is 0 Å². The average molecular weight is 345 g/mol. The second kappa shape index (κ2) is 6.55. The molecule has 0 aliphatic carbocycles. The zero-order valence-corrected chi connectivity index (χ0v) is 14.4. The SMILES string of the molecule is S=C1N[C@H](c2ccccn2)[C@H](c2cccs2)N1C[C@H]1CCCO1. The van der Waals surface area contributed by atoms with Crippen molar-refractivity contribution >= 4 is 28.7 Å². The van der Waals surface area contributed by atoms with Crippen LogP contribution < -0.4 is 5.32 Å². The zero-order chi connectivity index (χ0) is 15.6. The summed E-state index contributed by atoms with van der Waals surface area (Å²) < 4.78 is 5.83. The lowest BCUT2D eigenvalue weighted by atomic mass is 10.0. The van der Waals surface area contributed by atoms with E-state index < -0.39 is 0 Å². The molecule has 0 saturated carbocycles. The van der Waals surface area contributed by atoms with Crippen LogP contribution in [0, 0.1) is 0 Å². The molecule has 2 aromatic heterocycles. The van der Waals surface area contributed by atoms with Crippen LogP contribution >= 0.6 is 23.6 Å². The number of thiocarbonyl (C=S) groups is 1. The van der Waals surface area contributed by atoms with Crippen LogP contribution in [0.2, 0.25) is 0 Å². The molecule has 0 unspecified atom stereocenters. The number of hydrogen-bond donors (Lipinski definition) is 1. The van der Waals surface area contributed by atoms with E-state index in [9.17, 15) is 0 Å². The molecule has 0 bridgehead atoms. The van der Waals surface area contributed by atoms with Crippen LogP contribution in [0.5, 0.6) is 0 Å². The Bertz CT molecular complexity index is 656. The minimum atomic E-state index is 0.0868. The number of hydrogen-bond acceptors (Lipinski definition) is 4. The van der Waals surface area contributed by atoms with Crippen LogP contribution in [0.15, 0.2) is 41.9 Å². The fourth-order valence-electron chi connectivity index (χ4n) is 3.38. The highest BCUT2D eigenvalue weighted by atomic mass is 32.1. The van der Waals surface area contributed by atoms with Crippen molar-refractivity contribution in [2.45, 2.75) is 31.0 Å². The zero-order valence-electron chi connectivity index (χ0n) is 12.7. The Hall–Kier alpha value is -1.50. The van der Waals surface area contributed by atoms with Crippen molar-refractivity contribution in [3.63, 3.8) is 0 Å². The smallest absolute Gasteiger partial charge is 0.170 e. The number of thiophene rings is 1. The van der Waals surface area contributed by atoms with Crippen molar-refractivity contribution < 1.29 is 4.74 Å². The molecule has 4 nitrogen and oxygen atoms in total. The molecule has 6 heteroatoms. The highest BCUT2D eigenvalue weighted by Crippen LogP contribution is 2.40. The van der Waals surface area contributed by atoms with Crippen LogP contribution in [0.1, 0.15) is 35.5 Å². The van der Waals surface area contributed by atoms with E-state index in [0.717, 1.165) is 36.8 Å². The average Bonchev–Trinajstić information content (AvgIpc) is 3.31. The molecule has 0 amide bonds. The Balaban J connectivity index is 1.66. The Morgan fingerprint density at radius 2 is 2.30 bits per heavy atom. The number of rotatable bonds is 4. The molecular weight excluding hydrogens is 326 g/mol. The van der Waals surface area contributed by atoms with E-state index in [1.807, 2.05) is 18.3 Å². The number of nitrogens with zero attached hydrogens (tertiary/aromatic N) is 2. The third-order valence-electron chi connectivity index (χ3n) is 4.46. The van der Waals surface area contributed by atoms with Gasteiger partial charge in [0.25, 0.3) is 0 Å². The van der Waals surface area contributed by atoms with E-state index in [2.05, 4.69) is 38.8 Å². The van der Waals surface area contributed by atoms with Gasteiger partial charge in [-0.15, -0.1) is 11.3 Å². The molecule has 2 aromatic rings. The molecule has 2 saturated heterocycles. The van der Waals surface area contributed by atoms with E-state index in [-0.39, 0.29) is 18.2 Å². The van der Waals surface area contributed by atoms with Gasteiger partial charge in [-0.05, 0) is 48.6 Å². The fraction of sp³-hybridized carbons (Fsp3) is 0.412. The van der Waals surface area contributed by atoms with Gasteiger partial charge in [0.05, 0.1) is 23.9 Å². The summed E-state index contributed by atoms with van der Waals surface area (Å²) in [5, 5.41) is 6.40. The van der Waals surface area contributed by atoms with E-state index in [0.29, 0.717) is 0 Å². The maximum atomic E-state index is 5.83. The summed E-state index contributed by atoms with van der Waals surface area (Å²) in [4.78, 5) is 8.15. The molecule has 0 radical (unpaired) electrons. The van der Waals surface area contributed by atoms with Crippen LogP contribution in [-0.4, -0.2) is 34.3 Å². The van der Waals surface area contributed by atoms with Crippen LogP contribution in [0.4, 0.5) is 0 Å². The summed E-state index contributed by atoms with van der Waals surface area (Å²) >= 11 is 7.41. The maximum absolute atomic E-state index is 5.83. The van der Waals surface area contributed by atoms with Crippen molar-refractivity contribution in [2.75, 3.05) is 13.2 Å². The monoisotopic (exact) mass is 345 g/mol. The molecule has 4 rings (SSSR count). The summed E-state index contributed by atoms with van der Waals surface area (Å²) in [6.07, 6.45) is 4.38. The highest BCUT2D eigenvalue weighted by Gasteiger charge is 2.41. The Labute approximate surface area is 145 Å². The van der Waals surface area contributed by atoms with Gasteiger partial charge in [0.15, 0.2) is 5.11 Å². The molecule has 2 aliphatic heterocycles. The quantitative estimate of drug-likeness (QED) is 0.861. The normalized spacial score (nSPS) is 27.4. The lowest BCUT2D eigenvalue weighted by Gasteiger charge is -2.28. The Morgan fingerprint density at radius 1 is 1.35 bits per heavy atom. The second-order valence-electron chi connectivity index (χ2n) is 5.93. The summed E-state index contributed by atoms with van der Waals surface area (Å²) in [5.74, 6) is 0. The van der Waals surface area contributed by atoms with Gasteiger partial charge in [-0.1, -0.05) is 12.1 Å².